The second-order valence-corrected chi connectivity index (χ2v) is 4.36. The third-order valence-corrected chi connectivity index (χ3v) is 3.10. The number of ether oxygens (including phenoxy) is 1. The zero-order valence-corrected chi connectivity index (χ0v) is 10.0. The van der Waals surface area contributed by atoms with E-state index in [2.05, 4.69) is 22.6 Å². The van der Waals surface area contributed by atoms with Crippen molar-refractivity contribution in [2.45, 2.75) is 20.5 Å². The highest BCUT2D eigenvalue weighted by Gasteiger charge is 2.06. The molecular formula is C11H13N3OS. The summed E-state index contributed by atoms with van der Waals surface area (Å²) in [6, 6.07) is 5.97. The first-order valence-corrected chi connectivity index (χ1v) is 5.71. The Hall–Kier alpha value is -1.62. The third kappa shape index (κ3) is 2.14. The van der Waals surface area contributed by atoms with Crippen LogP contribution in [0.4, 0.5) is 5.00 Å². The number of hydrogen-bond acceptors (Lipinski definition) is 5. The van der Waals surface area contributed by atoms with Gasteiger partial charge in [-0.25, -0.2) is 0 Å². The van der Waals surface area contributed by atoms with Crippen LogP contribution in [0.1, 0.15) is 16.8 Å². The predicted molar refractivity (Wildman–Crippen MR) is 64.6 cm³/mol. The number of benzene rings is 1. The van der Waals surface area contributed by atoms with Crippen LogP contribution >= 0.6 is 11.5 Å². The predicted octanol–water partition coefficient (Wildman–Crippen LogP) is 2.32. The number of anilines is 1. The lowest BCUT2D eigenvalue weighted by Gasteiger charge is -2.09. The Morgan fingerprint density at radius 1 is 1.38 bits per heavy atom. The van der Waals surface area contributed by atoms with Crippen molar-refractivity contribution in [3.8, 4) is 5.75 Å². The molecule has 0 radical (unpaired) electrons. The summed E-state index contributed by atoms with van der Waals surface area (Å²) < 4.78 is 9.43. The number of rotatable bonds is 3. The Morgan fingerprint density at radius 3 is 2.88 bits per heavy atom. The molecule has 84 valence electrons. The van der Waals surface area contributed by atoms with Gasteiger partial charge in [-0.15, -0.1) is 5.10 Å². The van der Waals surface area contributed by atoms with Crippen molar-refractivity contribution in [3.05, 3.63) is 35.0 Å². The minimum Gasteiger partial charge on any atom is -0.487 e. The first-order valence-electron chi connectivity index (χ1n) is 4.94. The van der Waals surface area contributed by atoms with Gasteiger partial charge in [0, 0.05) is 11.5 Å². The summed E-state index contributed by atoms with van der Waals surface area (Å²) in [6.45, 7) is 4.46. The summed E-state index contributed by atoms with van der Waals surface area (Å²) in [6.07, 6.45) is 0. The molecule has 0 unspecified atom stereocenters. The van der Waals surface area contributed by atoms with Gasteiger partial charge in [-0.2, -0.15) is 0 Å². The van der Waals surface area contributed by atoms with E-state index in [-0.39, 0.29) is 0 Å². The van der Waals surface area contributed by atoms with Crippen LogP contribution in [-0.4, -0.2) is 9.59 Å². The summed E-state index contributed by atoms with van der Waals surface area (Å²) in [5.74, 6) is 0.868. The Morgan fingerprint density at radius 2 is 2.19 bits per heavy atom. The van der Waals surface area contributed by atoms with Crippen LogP contribution in [0, 0.1) is 13.8 Å². The Balaban J connectivity index is 2.11. The minimum absolute atomic E-state index is 0.368. The van der Waals surface area contributed by atoms with Crippen LogP contribution in [0.5, 0.6) is 5.75 Å². The van der Waals surface area contributed by atoms with Crippen LogP contribution < -0.4 is 10.5 Å². The maximum Gasteiger partial charge on any atom is 0.136 e. The smallest absolute Gasteiger partial charge is 0.136 e. The van der Waals surface area contributed by atoms with E-state index in [1.807, 2.05) is 19.1 Å². The number of hydrogen-bond donors (Lipinski definition) is 1. The Bertz CT molecular complexity index is 496. The van der Waals surface area contributed by atoms with Gasteiger partial charge in [-0.1, -0.05) is 16.6 Å². The van der Waals surface area contributed by atoms with E-state index in [0.29, 0.717) is 17.3 Å². The van der Waals surface area contributed by atoms with Crippen LogP contribution in [0.3, 0.4) is 0 Å². The van der Waals surface area contributed by atoms with Crippen LogP contribution in [0.2, 0.25) is 0 Å². The first-order chi connectivity index (χ1) is 7.68. The molecule has 2 N–H and O–H groups in total. The molecule has 5 heteroatoms. The van der Waals surface area contributed by atoms with Crippen LogP contribution in [0.15, 0.2) is 18.2 Å². The molecule has 0 aliphatic heterocycles. The fraction of sp³-hybridized carbons (Fsp3) is 0.273. The number of nitrogens with zero attached hydrogens (tertiary/aromatic N) is 2. The average molecular weight is 235 g/mol. The molecule has 0 bridgehead atoms. The Kier molecular flexibility index (Phi) is 3.05. The van der Waals surface area contributed by atoms with Gasteiger partial charge >= 0.3 is 0 Å². The number of nitrogens with two attached hydrogens (primary N) is 1. The summed E-state index contributed by atoms with van der Waals surface area (Å²) in [4.78, 5) is 0. The van der Waals surface area contributed by atoms with Crippen LogP contribution in [0.25, 0.3) is 0 Å². The van der Waals surface area contributed by atoms with Gasteiger partial charge in [0.25, 0.3) is 0 Å². The number of aryl methyl sites for hydroxylation is 1. The minimum atomic E-state index is 0.368. The lowest BCUT2D eigenvalue weighted by Crippen LogP contribution is -2.00. The normalized spacial score (nSPS) is 10.4. The summed E-state index contributed by atoms with van der Waals surface area (Å²) in [5, 5.41) is 4.52. The van der Waals surface area contributed by atoms with E-state index in [1.54, 1.807) is 0 Å². The van der Waals surface area contributed by atoms with Crippen molar-refractivity contribution in [1.29, 1.82) is 0 Å². The highest BCUT2D eigenvalue weighted by Crippen LogP contribution is 2.22. The monoisotopic (exact) mass is 235 g/mol. The standard InChI is InChI=1S/C11H13N3OS/c1-7-4-3-5-10(8(7)2)15-6-9-11(12)16-14-13-9/h3-5H,6,12H2,1-2H3. The van der Waals surface area contributed by atoms with Gasteiger partial charge in [0.2, 0.25) is 0 Å². The lowest BCUT2D eigenvalue weighted by atomic mass is 10.1. The zero-order chi connectivity index (χ0) is 11.5. The van der Waals surface area contributed by atoms with Crippen molar-refractivity contribution < 1.29 is 4.74 Å². The molecule has 1 aromatic carbocycles. The largest absolute Gasteiger partial charge is 0.487 e. The molecule has 1 aromatic heterocycles. The molecule has 0 amide bonds. The van der Waals surface area contributed by atoms with E-state index in [9.17, 15) is 0 Å². The van der Waals surface area contributed by atoms with Crippen molar-refractivity contribution in [3.63, 3.8) is 0 Å². The lowest BCUT2D eigenvalue weighted by molar-refractivity contribution is 0.299. The fourth-order valence-corrected chi connectivity index (χ4v) is 1.77. The van der Waals surface area contributed by atoms with Crippen molar-refractivity contribution >= 4 is 16.5 Å². The van der Waals surface area contributed by atoms with Gasteiger partial charge in [0.05, 0.1) is 0 Å². The molecule has 2 rings (SSSR count). The third-order valence-electron chi connectivity index (χ3n) is 2.50. The number of nitrogen functional groups attached to an aromatic ring is 1. The summed E-state index contributed by atoms with van der Waals surface area (Å²) >= 11 is 1.18. The van der Waals surface area contributed by atoms with Gasteiger partial charge in [0.15, 0.2) is 0 Å². The average Bonchev–Trinajstić information content (AvgIpc) is 2.67. The second kappa shape index (κ2) is 4.49. The quantitative estimate of drug-likeness (QED) is 0.886. The van der Waals surface area contributed by atoms with Crippen molar-refractivity contribution in [2.75, 3.05) is 5.73 Å². The molecule has 0 saturated carbocycles. The maximum absolute atomic E-state index is 5.69. The molecule has 0 aliphatic rings. The first kappa shape index (κ1) is 10.9. The molecule has 0 fully saturated rings. The van der Waals surface area contributed by atoms with Gasteiger partial charge < -0.3 is 10.5 Å². The summed E-state index contributed by atoms with van der Waals surface area (Å²) in [7, 11) is 0. The Labute approximate surface area is 98.2 Å². The molecule has 16 heavy (non-hydrogen) atoms. The fourth-order valence-electron chi connectivity index (χ4n) is 1.34. The van der Waals surface area contributed by atoms with Crippen molar-refractivity contribution in [1.82, 2.24) is 9.59 Å². The van der Waals surface area contributed by atoms with Gasteiger partial charge in [-0.3, -0.25) is 0 Å². The molecule has 0 saturated heterocycles. The van der Waals surface area contributed by atoms with E-state index in [1.165, 1.54) is 17.1 Å². The van der Waals surface area contributed by atoms with Gasteiger partial charge in [0.1, 0.15) is 23.1 Å². The maximum atomic E-state index is 5.69. The molecule has 1 heterocycles. The number of aromatic nitrogens is 2. The molecule has 0 aliphatic carbocycles. The van der Waals surface area contributed by atoms with E-state index < -0.39 is 0 Å². The van der Waals surface area contributed by atoms with Crippen LogP contribution in [-0.2, 0) is 6.61 Å². The molecule has 0 atom stereocenters. The second-order valence-electron chi connectivity index (χ2n) is 3.57. The van der Waals surface area contributed by atoms with Crippen molar-refractivity contribution in [2.24, 2.45) is 0 Å². The molecule has 4 nitrogen and oxygen atoms in total. The topological polar surface area (TPSA) is 61.0 Å². The highest BCUT2D eigenvalue weighted by molar-refractivity contribution is 7.09. The molecular weight excluding hydrogens is 222 g/mol. The van der Waals surface area contributed by atoms with Gasteiger partial charge in [-0.05, 0) is 31.0 Å². The summed E-state index contributed by atoms with van der Waals surface area (Å²) in [5.41, 5.74) is 8.74. The molecule has 0 spiro atoms. The highest BCUT2D eigenvalue weighted by atomic mass is 32.1. The molecule has 2 aromatic rings. The van der Waals surface area contributed by atoms with E-state index in [0.717, 1.165) is 11.3 Å². The van der Waals surface area contributed by atoms with E-state index in [4.69, 9.17) is 10.5 Å². The SMILES string of the molecule is Cc1cccc(OCc2nnsc2N)c1C. The van der Waals surface area contributed by atoms with E-state index >= 15 is 0 Å². The zero-order valence-electron chi connectivity index (χ0n) is 9.23.